The largest absolute Gasteiger partial charge is 0.378 e. The molecule has 0 radical (unpaired) electrons. The van der Waals surface area contributed by atoms with E-state index in [4.69, 9.17) is 0 Å². The highest BCUT2D eigenvalue weighted by atomic mass is 15.3. The number of rotatable bonds is 5. The van der Waals surface area contributed by atoms with Crippen molar-refractivity contribution in [3.63, 3.8) is 0 Å². The summed E-state index contributed by atoms with van der Waals surface area (Å²) in [5.74, 6) is 0. The van der Waals surface area contributed by atoms with Gasteiger partial charge in [0.05, 0.1) is 23.6 Å². The molecule has 0 fully saturated rings. The Kier molecular flexibility index (Phi) is 3.73. The van der Waals surface area contributed by atoms with E-state index in [9.17, 15) is 0 Å². The highest BCUT2D eigenvalue weighted by Gasteiger charge is 2.07. The predicted molar refractivity (Wildman–Crippen MR) is 83.5 cm³/mol. The van der Waals surface area contributed by atoms with E-state index in [0.717, 1.165) is 30.2 Å². The van der Waals surface area contributed by atoms with Gasteiger partial charge in [0.25, 0.3) is 0 Å². The first kappa shape index (κ1) is 13.4. The normalized spacial score (nSPS) is 10.8. The second-order valence-corrected chi connectivity index (χ2v) is 4.89. The third kappa shape index (κ3) is 2.67. The summed E-state index contributed by atoms with van der Waals surface area (Å²) in [5.41, 5.74) is 4.41. The van der Waals surface area contributed by atoms with Gasteiger partial charge in [0, 0.05) is 24.6 Å². The summed E-state index contributed by atoms with van der Waals surface area (Å²) >= 11 is 0. The fourth-order valence-corrected chi connectivity index (χ4v) is 2.41. The maximum Gasteiger partial charge on any atom is 0.0880 e. The van der Waals surface area contributed by atoms with Gasteiger partial charge in [0.1, 0.15) is 0 Å². The van der Waals surface area contributed by atoms with Crippen LogP contribution >= 0.6 is 0 Å². The van der Waals surface area contributed by atoms with Crippen molar-refractivity contribution in [3.8, 4) is 5.69 Å². The molecule has 21 heavy (non-hydrogen) atoms. The molecule has 108 valence electrons. The molecule has 0 saturated heterocycles. The lowest BCUT2D eigenvalue weighted by atomic mass is 10.2. The summed E-state index contributed by atoms with van der Waals surface area (Å²) in [7, 11) is 0. The van der Waals surface area contributed by atoms with Crippen molar-refractivity contribution >= 4 is 5.69 Å². The van der Waals surface area contributed by atoms with Crippen LogP contribution in [0.5, 0.6) is 0 Å². The third-order valence-electron chi connectivity index (χ3n) is 3.53. The molecule has 0 atom stereocenters. The fourth-order valence-electron chi connectivity index (χ4n) is 2.41. The maximum absolute atomic E-state index is 4.38. The number of benzene rings is 1. The summed E-state index contributed by atoms with van der Waals surface area (Å²) in [5, 5.41) is 12.2. The lowest BCUT2D eigenvalue weighted by Gasteiger charge is -2.13. The Bertz CT molecular complexity index is 726. The molecule has 2 aromatic heterocycles. The number of nitrogens with zero attached hydrogens (tertiary/aromatic N) is 4. The van der Waals surface area contributed by atoms with Crippen molar-refractivity contribution in [2.45, 2.75) is 26.9 Å². The molecule has 0 aliphatic rings. The van der Waals surface area contributed by atoms with Crippen molar-refractivity contribution in [2.24, 2.45) is 0 Å². The Morgan fingerprint density at radius 2 is 1.86 bits per heavy atom. The van der Waals surface area contributed by atoms with Crippen LogP contribution in [0.1, 0.15) is 18.3 Å². The average molecular weight is 281 g/mol. The van der Waals surface area contributed by atoms with Crippen LogP contribution in [-0.2, 0) is 13.1 Å². The highest BCUT2D eigenvalue weighted by molar-refractivity contribution is 5.61. The SMILES string of the molecule is CCn1nccc1CNc1ccccc1-n1nccc1C. The van der Waals surface area contributed by atoms with E-state index in [-0.39, 0.29) is 0 Å². The van der Waals surface area contributed by atoms with Crippen LogP contribution in [0.4, 0.5) is 5.69 Å². The van der Waals surface area contributed by atoms with Gasteiger partial charge in [-0.15, -0.1) is 0 Å². The van der Waals surface area contributed by atoms with E-state index in [1.54, 1.807) is 0 Å². The predicted octanol–water partition coefficient (Wildman–Crippen LogP) is 3.01. The maximum atomic E-state index is 4.38. The molecule has 0 unspecified atom stereocenters. The van der Waals surface area contributed by atoms with Crippen LogP contribution in [0.3, 0.4) is 0 Å². The Morgan fingerprint density at radius 3 is 2.62 bits per heavy atom. The number of hydrogen-bond donors (Lipinski definition) is 1. The van der Waals surface area contributed by atoms with Gasteiger partial charge in [0.15, 0.2) is 0 Å². The van der Waals surface area contributed by atoms with Gasteiger partial charge in [-0.3, -0.25) is 4.68 Å². The van der Waals surface area contributed by atoms with E-state index in [2.05, 4.69) is 41.5 Å². The Balaban J connectivity index is 1.85. The minimum absolute atomic E-state index is 0.741. The average Bonchev–Trinajstić information content (AvgIpc) is 3.13. The van der Waals surface area contributed by atoms with Crippen molar-refractivity contribution in [1.82, 2.24) is 19.6 Å². The van der Waals surface area contributed by atoms with E-state index in [1.165, 1.54) is 5.69 Å². The number of hydrogen-bond acceptors (Lipinski definition) is 3. The third-order valence-corrected chi connectivity index (χ3v) is 3.53. The zero-order chi connectivity index (χ0) is 14.7. The zero-order valence-electron chi connectivity index (χ0n) is 12.3. The zero-order valence-corrected chi connectivity index (χ0v) is 12.3. The number of para-hydroxylation sites is 2. The van der Waals surface area contributed by atoms with Gasteiger partial charge in [-0.05, 0) is 38.1 Å². The molecule has 2 heterocycles. The van der Waals surface area contributed by atoms with Gasteiger partial charge in [0.2, 0.25) is 0 Å². The van der Waals surface area contributed by atoms with Crippen LogP contribution < -0.4 is 5.32 Å². The molecule has 5 heteroatoms. The quantitative estimate of drug-likeness (QED) is 0.782. The second-order valence-electron chi connectivity index (χ2n) is 4.89. The van der Waals surface area contributed by atoms with Gasteiger partial charge in [-0.2, -0.15) is 10.2 Å². The molecule has 0 saturated carbocycles. The van der Waals surface area contributed by atoms with Crippen LogP contribution in [0.15, 0.2) is 48.8 Å². The monoisotopic (exact) mass is 281 g/mol. The van der Waals surface area contributed by atoms with Gasteiger partial charge < -0.3 is 5.32 Å². The molecule has 0 aliphatic carbocycles. The number of nitrogens with one attached hydrogen (secondary N) is 1. The molecular formula is C16H19N5. The fraction of sp³-hybridized carbons (Fsp3) is 0.250. The van der Waals surface area contributed by atoms with Gasteiger partial charge in [-0.1, -0.05) is 12.1 Å². The lowest BCUT2D eigenvalue weighted by molar-refractivity contribution is 0.627. The topological polar surface area (TPSA) is 47.7 Å². The van der Waals surface area contributed by atoms with Crippen molar-refractivity contribution in [1.29, 1.82) is 0 Å². The molecule has 1 N–H and O–H groups in total. The molecule has 3 aromatic rings. The number of anilines is 1. The van der Waals surface area contributed by atoms with Crippen LogP contribution in [0.25, 0.3) is 5.69 Å². The van der Waals surface area contributed by atoms with Crippen molar-refractivity contribution in [3.05, 3.63) is 60.2 Å². The molecular weight excluding hydrogens is 262 g/mol. The molecule has 1 aromatic carbocycles. The Labute approximate surface area is 124 Å². The summed E-state index contributed by atoms with van der Waals surface area (Å²) in [6, 6.07) is 12.2. The van der Waals surface area contributed by atoms with Gasteiger partial charge in [-0.25, -0.2) is 4.68 Å². The number of aryl methyl sites for hydroxylation is 2. The molecule has 0 spiro atoms. The standard InChI is InChI=1S/C16H19N5/c1-3-20-14(9-11-18-20)12-17-15-6-4-5-7-16(15)21-13(2)8-10-19-21/h4-11,17H,3,12H2,1-2H3. The molecule has 5 nitrogen and oxygen atoms in total. The van der Waals surface area contributed by atoms with Crippen LogP contribution in [-0.4, -0.2) is 19.6 Å². The van der Waals surface area contributed by atoms with Crippen LogP contribution in [0, 0.1) is 6.92 Å². The first-order valence-electron chi connectivity index (χ1n) is 7.14. The second kappa shape index (κ2) is 5.83. The summed E-state index contributed by atoms with van der Waals surface area (Å²) in [6.07, 6.45) is 3.66. The highest BCUT2D eigenvalue weighted by Crippen LogP contribution is 2.21. The smallest absolute Gasteiger partial charge is 0.0880 e. The minimum atomic E-state index is 0.741. The van der Waals surface area contributed by atoms with Gasteiger partial charge >= 0.3 is 0 Å². The number of aromatic nitrogens is 4. The first-order valence-corrected chi connectivity index (χ1v) is 7.14. The van der Waals surface area contributed by atoms with E-state index >= 15 is 0 Å². The Hall–Kier alpha value is -2.56. The summed E-state index contributed by atoms with van der Waals surface area (Å²) < 4.78 is 3.94. The first-order chi connectivity index (χ1) is 10.3. The molecule has 0 bridgehead atoms. The van der Waals surface area contributed by atoms with E-state index in [1.807, 2.05) is 46.0 Å². The van der Waals surface area contributed by atoms with Crippen LogP contribution in [0.2, 0.25) is 0 Å². The summed E-state index contributed by atoms with van der Waals surface area (Å²) in [4.78, 5) is 0. The molecule has 0 amide bonds. The van der Waals surface area contributed by atoms with E-state index in [0.29, 0.717) is 0 Å². The summed E-state index contributed by atoms with van der Waals surface area (Å²) in [6.45, 7) is 5.77. The van der Waals surface area contributed by atoms with E-state index < -0.39 is 0 Å². The minimum Gasteiger partial charge on any atom is -0.378 e. The molecule has 3 rings (SSSR count). The lowest BCUT2D eigenvalue weighted by Crippen LogP contribution is -2.10. The van der Waals surface area contributed by atoms with Crippen molar-refractivity contribution < 1.29 is 0 Å². The van der Waals surface area contributed by atoms with Crippen molar-refractivity contribution in [2.75, 3.05) is 5.32 Å². The Morgan fingerprint density at radius 1 is 1.05 bits per heavy atom. The molecule has 0 aliphatic heterocycles.